The number of fused-ring (bicyclic) bond motifs is 3. The number of hydrogen-bond acceptors (Lipinski definition) is 6. The van der Waals surface area contributed by atoms with Crippen molar-refractivity contribution in [2.24, 2.45) is 0 Å². The molecule has 1 N–H and O–H groups in total. The minimum Gasteiger partial charge on any atom is -0.363 e. The second-order valence-corrected chi connectivity index (χ2v) is 10.0. The van der Waals surface area contributed by atoms with E-state index in [1.54, 1.807) is 37.3 Å². The van der Waals surface area contributed by atoms with Gasteiger partial charge in [0, 0.05) is 23.4 Å². The van der Waals surface area contributed by atoms with Crippen LogP contribution in [0.1, 0.15) is 31.2 Å². The maximum Gasteiger partial charge on any atom is 0.269 e. The molecule has 0 saturated carbocycles. The third-order valence-corrected chi connectivity index (χ3v) is 8.38. The molecule has 3 aromatic carbocycles. The normalized spacial score (nSPS) is 26.9. The number of nitrogens with zero attached hydrogens (tertiary/aromatic N) is 2. The number of para-hydroxylation sites is 1. The van der Waals surface area contributed by atoms with Gasteiger partial charge >= 0.3 is 0 Å². The molecule has 0 aliphatic carbocycles. The molecule has 1 saturated heterocycles. The highest BCUT2D eigenvalue weighted by molar-refractivity contribution is 7.89. The lowest BCUT2D eigenvalue weighted by Gasteiger charge is -2.38. The maximum absolute atomic E-state index is 13.9. The number of rotatable bonds is 4. The van der Waals surface area contributed by atoms with E-state index in [2.05, 4.69) is 5.32 Å². The van der Waals surface area contributed by atoms with E-state index in [9.17, 15) is 18.5 Å². The summed E-state index contributed by atoms with van der Waals surface area (Å²) in [4.78, 5) is 10.7. The van der Waals surface area contributed by atoms with Crippen LogP contribution in [-0.2, 0) is 20.4 Å². The summed E-state index contributed by atoms with van der Waals surface area (Å²) >= 11 is 0. The molecule has 5 rings (SSSR count). The summed E-state index contributed by atoms with van der Waals surface area (Å²) < 4.78 is 35.7. The molecule has 0 aromatic heterocycles. The highest BCUT2D eigenvalue weighted by Crippen LogP contribution is 2.60. The van der Waals surface area contributed by atoms with Crippen molar-refractivity contribution in [3.8, 4) is 0 Å². The summed E-state index contributed by atoms with van der Waals surface area (Å²) in [6.07, 6.45) is -0.989. The smallest absolute Gasteiger partial charge is 0.269 e. The van der Waals surface area contributed by atoms with Crippen LogP contribution in [0.15, 0.2) is 83.8 Å². The van der Waals surface area contributed by atoms with Crippen LogP contribution in [0.4, 0.5) is 11.4 Å². The van der Waals surface area contributed by atoms with Crippen LogP contribution in [0.2, 0.25) is 0 Å². The van der Waals surface area contributed by atoms with Crippen LogP contribution in [0.3, 0.4) is 0 Å². The molecule has 0 spiro atoms. The highest BCUT2D eigenvalue weighted by atomic mass is 32.2. The van der Waals surface area contributed by atoms with Crippen molar-refractivity contribution in [3.63, 3.8) is 0 Å². The number of hydrogen-bond donors (Lipinski definition) is 1. The first-order chi connectivity index (χ1) is 15.2. The fourth-order valence-electron chi connectivity index (χ4n) is 4.64. The van der Waals surface area contributed by atoms with Crippen LogP contribution in [0.25, 0.3) is 0 Å². The molecule has 0 bridgehead atoms. The largest absolute Gasteiger partial charge is 0.363 e. The molecule has 8 nitrogen and oxygen atoms in total. The molecule has 2 aliphatic heterocycles. The first-order valence-electron chi connectivity index (χ1n) is 10.1. The Balaban J connectivity index is 1.70. The van der Waals surface area contributed by atoms with E-state index in [4.69, 9.17) is 4.74 Å². The Morgan fingerprint density at radius 1 is 0.969 bits per heavy atom. The molecule has 0 amide bonds. The molecule has 1 fully saturated rings. The van der Waals surface area contributed by atoms with Gasteiger partial charge in [0.15, 0.2) is 6.23 Å². The number of anilines is 1. The zero-order valence-electron chi connectivity index (χ0n) is 17.4. The Bertz CT molecular complexity index is 1310. The Labute approximate surface area is 185 Å². The maximum atomic E-state index is 13.9. The van der Waals surface area contributed by atoms with Crippen LogP contribution < -0.4 is 5.32 Å². The lowest BCUT2D eigenvalue weighted by molar-refractivity contribution is -0.384. The molecular weight excluding hydrogens is 430 g/mol. The molecule has 32 heavy (non-hydrogen) atoms. The van der Waals surface area contributed by atoms with Gasteiger partial charge in [-0.1, -0.05) is 36.4 Å². The van der Waals surface area contributed by atoms with E-state index in [1.807, 2.05) is 31.2 Å². The molecule has 9 heteroatoms. The van der Waals surface area contributed by atoms with Gasteiger partial charge in [-0.25, -0.2) is 8.42 Å². The van der Waals surface area contributed by atoms with Gasteiger partial charge < -0.3 is 10.1 Å². The van der Waals surface area contributed by atoms with Crippen molar-refractivity contribution in [3.05, 3.63) is 100 Å². The molecule has 3 aromatic rings. The average Bonchev–Trinajstić information content (AvgIpc) is 3.15. The van der Waals surface area contributed by atoms with Gasteiger partial charge in [-0.05, 0) is 49.7 Å². The van der Waals surface area contributed by atoms with Gasteiger partial charge in [0.1, 0.15) is 11.3 Å². The first kappa shape index (κ1) is 20.6. The molecule has 3 atom stereocenters. The molecule has 0 radical (unpaired) electrons. The lowest BCUT2D eigenvalue weighted by Crippen LogP contribution is -2.56. The van der Waals surface area contributed by atoms with E-state index in [0.717, 1.165) is 11.3 Å². The zero-order valence-corrected chi connectivity index (χ0v) is 18.2. The Kier molecular flexibility index (Phi) is 4.42. The van der Waals surface area contributed by atoms with Crippen LogP contribution in [0.5, 0.6) is 0 Å². The topological polar surface area (TPSA) is 102 Å². The van der Waals surface area contributed by atoms with Crippen molar-refractivity contribution in [1.82, 2.24) is 4.31 Å². The van der Waals surface area contributed by atoms with Gasteiger partial charge in [-0.2, -0.15) is 0 Å². The summed E-state index contributed by atoms with van der Waals surface area (Å²) in [6.45, 7) is 3.67. The van der Waals surface area contributed by atoms with Crippen molar-refractivity contribution in [1.29, 1.82) is 0 Å². The van der Waals surface area contributed by atoms with Crippen LogP contribution >= 0.6 is 0 Å². The minimum absolute atomic E-state index is 0.0784. The lowest BCUT2D eigenvalue weighted by atomic mass is 9.88. The third-order valence-electron chi connectivity index (χ3n) is 6.44. The standard InChI is InChI=1S/C23H21N3O5S/c1-22-19-10-6-7-11-20(19)24-23(22,2)25(32(29,30)18-8-4-3-5-9-18)21(31-22)16-12-14-17(15-13-16)26(27)28/h3-15,21,24H,1-2H3/t21-,22+,23+/m0/s1. The molecule has 0 unspecified atom stereocenters. The van der Waals surface area contributed by atoms with E-state index < -0.39 is 32.4 Å². The van der Waals surface area contributed by atoms with E-state index >= 15 is 0 Å². The van der Waals surface area contributed by atoms with Gasteiger partial charge in [0.25, 0.3) is 5.69 Å². The number of nitrogens with one attached hydrogen (secondary N) is 1. The van der Waals surface area contributed by atoms with Crippen molar-refractivity contribution in [2.75, 3.05) is 5.32 Å². The quantitative estimate of drug-likeness (QED) is 0.467. The van der Waals surface area contributed by atoms with Crippen molar-refractivity contribution >= 4 is 21.4 Å². The fraction of sp³-hybridized carbons (Fsp3) is 0.217. The molecule has 2 heterocycles. The van der Waals surface area contributed by atoms with Gasteiger partial charge in [0.2, 0.25) is 10.0 Å². The minimum atomic E-state index is -4.02. The number of nitro benzene ring substituents is 1. The predicted molar refractivity (Wildman–Crippen MR) is 118 cm³/mol. The second kappa shape index (κ2) is 6.86. The summed E-state index contributed by atoms with van der Waals surface area (Å²) in [5.41, 5.74) is -0.0694. The number of benzene rings is 3. The van der Waals surface area contributed by atoms with Crippen molar-refractivity contribution in [2.45, 2.75) is 36.2 Å². The molecule has 2 aliphatic rings. The number of non-ortho nitro benzene ring substituents is 1. The number of nitro groups is 1. The zero-order chi connectivity index (χ0) is 22.7. The summed E-state index contributed by atoms with van der Waals surface area (Å²) in [7, 11) is -4.02. The highest BCUT2D eigenvalue weighted by Gasteiger charge is 2.68. The average molecular weight is 452 g/mol. The second-order valence-electron chi connectivity index (χ2n) is 8.21. The summed E-state index contributed by atoms with van der Waals surface area (Å²) in [5, 5.41) is 14.5. The van der Waals surface area contributed by atoms with Gasteiger partial charge in [0.05, 0.1) is 9.82 Å². The van der Waals surface area contributed by atoms with E-state index in [0.29, 0.717) is 5.56 Å². The van der Waals surface area contributed by atoms with E-state index in [-0.39, 0.29) is 10.6 Å². The van der Waals surface area contributed by atoms with Crippen molar-refractivity contribution < 1.29 is 18.1 Å². The van der Waals surface area contributed by atoms with E-state index in [1.165, 1.54) is 28.6 Å². The first-order valence-corrected chi connectivity index (χ1v) is 11.5. The Hall–Kier alpha value is -3.27. The van der Waals surface area contributed by atoms with Gasteiger partial charge in [-0.3, -0.25) is 10.1 Å². The SMILES string of the molecule is C[C@]12O[C@@H](c3ccc([N+](=O)[O-])cc3)N(S(=O)(=O)c3ccccc3)[C@@]1(C)Nc1ccccc12. The van der Waals surface area contributed by atoms with Gasteiger partial charge in [-0.15, -0.1) is 4.31 Å². The monoisotopic (exact) mass is 451 g/mol. The third kappa shape index (κ3) is 2.72. The molecular formula is C23H21N3O5S. The predicted octanol–water partition coefficient (Wildman–Crippen LogP) is 4.37. The fourth-order valence-corrected chi connectivity index (χ4v) is 6.48. The van der Waals surface area contributed by atoms with Crippen LogP contribution in [-0.4, -0.2) is 23.3 Å². The Morgan fingerprint density at radius 3 is 2.25 bits per heavy atom. The van der Waals surface area contributed by atoms with Crippen LogP contribution in [0, 0.1) is 10.1 Å². The summed E-state index contributed by atoms with van der Waals surface area (Å²) in [5.74, 6) is 0. The summed E-state index contributed by atoms with van der Waals surface area (Å²) in [6, 6.07) is 21.5. The Morgan fingerprint density at radius 2 is 1.59 bits per heavy atom. The number of ether oxygens (including phenoxy) is 1. The number of sulfonamides is 1. The molecule has 164 valence electrons.